The smallest absolute Gasteiger partial charge is 0.339 e. The van der Waals surface area contributed by atoms with Crippen LogP contribution < -0.4 is 0 Å². The molecule has 150 valence electrons. The number of benzene rings is 1. The van der Waals surface area contributed by atoms with E-state index >= 15 is 0 Å². The van der Waals surface area contributed by atoms with E-state index in [9.17, 15) is 26.4 Å². The van der Waals surface area contributed by atoms with Crippen molar-refractivity contribution < 1.29 is 26.4 Å². The number of alkyl halides is 3. The van der Waals surface area contributed by atoms with Crippen LogP contribution in [0.25, 0.3) is 11.0 Å². The van der Waals surface area contributed by atoms with Crippen LogP contribution in [0.1, 0.15) is 21.7 Å². The molecule has 28 heavy (non-hydrogen) atoms. The van der Waals surface area contributed by atoms with Crippen LogP contribution in [0.3, 0.4) is 0 Å². The second-order valence-corrected chi connectivity index (χ2v) is 8.56. The van der Waals surface area contributed by atoms with Crippen molar-refractivity contribution in [3.8, 4) is 0 Å². The van der Waals surface area contributed by atoms with E-state index in [1.165, 1.54) is 24.5 Å². The average Bonchev–Trinajstić information content (AvgIpc) is 3.07. The molecule has 2 aromatic heterocycles. The lowest BCUT2D eigenvalue weighted by atomic mass is 10.1. The fourth-order valence-electron chi connectivity index (χ4n) is 3.22. The number of aromatic nitrogens is 3. The minimum atomic E-state index is -4.42. The maximum absolute atomic E-state index is 12.8. The van der Waals surface area contributed by atoms with Gasteiger partial charge in [0.1, 0.15) is 6.54 Å². The number of hydrogen-bond acceptors (Lipinski definition) is 4. The monoisotopic (exact) mass is 413 g/mol. The number of halogens is 3. The number of hydrogen-bond donors (Lipinski definition) is 0. The van der Waals surface area contributed by atoms with Gasteiger partial charge in [0.2, 0.25) is 15.0 Å². The summed E-state index contributed by atoms with van der Waals surface area (Å²) in [4.78, 5) is 16.9. The Labute approximate surface area is 159 Å². The Hall–Kier alpha value is -2.62. The normalized spacial score (nSPS) is 12.6. The Morgan fingerprint density at radius 2 is 1.79 bits per heavy atom. The van der Waals surface area contributed by atoms with Gasteiger partial charge < -0.3 is 9.13 Å². The lowest BCUT2D eigenvalue weighted by molar-refractivity contribution is -0.141. The van der Waals surface area contributed by atoms with Gasteiger partial charge in [0.25, 0.3) is 0 Å². The molecule has 0 amide bonds. The molecule has 1 aromatic carbocycles. The highest BCUT2D eigenvalue weighted by Crippen LogP contribution is 2.25. The van der Waals surface area contributed by atoms with E-state index in [1.54, 1.807) is 24.3 Å². The molecule has 0 atom stereocenters. The largest absolute Gasteiger partial charge is 0.406 e. The summed E-state index contributed by atoms with van der Waals surface area (Å²) in [7, 11) is -3.71. The lowest BCUT2D eigenvalue weighted by Gasteiger charge is -2.12. The van der Waals surface area contributed by atoms with Gasteiger partial charge in [-0.15, -0.1) is 0 Å². The van der Waals surface area contributed by atoms with Gasteiger partial charge in [0.05, 0.1) is 17.6 Å². The van der Waals surface area contributed by atoms with Crippen LogP contribution in [0.5, 0.6) is 0 Å². The van der Waals surface area contributed by atoms with Crippen LogP contribution >= 0.6 is 0 Å². The minimum absolute atomic E-state index is 0.124. The van der Waals surface area contributed by atoms with E-state index in [0.29, 0.717) is 16.7 Å². The molecular weight excluding hydrogens is 395 g/mol. The molecule has 10 heteroatoms. The van der Waals surface area contributed by atoms with Crippen molar-refractivity contribution in [3.63, 3.8) is 0 Å². The van der Waals surface area contributed by atoms with Gasteiger partial charge in [-0.1, -0.05) is 12.1 Å². The Kier molecular flexibility index (Phi) is 4.86. The van der Waals surface area contributed by atoms with E-state index in [1.807, 2.05) is 0 Å². The summed E-state index contributed by atoms with van der Waals surface area (Å²) >= 11 is 0. The number of nitrogens with zero attached hydrogens (tertiary/aromatic N) is 3. The standard InChI is InChI=1S/C18H18F3N3O3S/c1-11-8-13(12(2)24(11)10-18(19,20)21)16(25)9-23-15-7-5-4-6-14(15)22-17(23)28(3,26)27/h4-8H,9-10H2,1-3H3. The molecular formula is C18H18F3N3O3S. The molecule has 2 heterocycles. The summed E-state index contributed by atoms with van der Waals surface area (Å²) in [6, 6.07) is 8.03. The van der Waals surface area contributed by atoms with Crippen molar-refractivity contribution in [2.24, 2.45) is 0 Å². The average molecular weight is 413 g/mol. The maximum atomic E-state index is 12.8. The Balaban J connectivity index is 2.04. The van der Waals surface area contributed by atoms with Crippen LogP contribution in [-0.2, 0) is 22.9 Å². The highest BCUT2D eigenvalue weighted by Gasteiger charge is 2.30. The van der Waals surface area contributed by atoms with E-state index < -0.39 is 28.3 Å². The van der Waals surface area contributed by atoms with Gasteiger partial charge in [-0.05, 0) is 32.0 Å². The number of imidazole rings is 1. The zero-order valence-electron chi connectivity index (χ0n) is 15.4. The summed E-state index contributed by atoms with van der Waals surface area (Å²) in [6.07, 6.45) is -3.43. The van der Waals surface area contributed by atoms with E-state index in [4.69, 9.17) is 0 Å². The predicted octanol–water partition coefficient (Wildman–Crippen LogP) is 3.30. The van der Waals surface area contributed by atoms with Gasteiger partial charge in [-0.25, -0.2) is 13.4 Å². The highest BCUT2D eigenvalue weighted by molar-refractivity contribution is 7.90. The van der Waals surface area contributed by atoms with Crippen LogP contribution in [0.4, 0.5) is 13.2 Å². The number of sulfone groups is 1. The molecule has 0 unspecified atom stereocenters. The van der Waals surface area contributed by atoms with Gasteiger partial charge >= 0.3 is 6.18 Å². The zero-order valence-corrected chi connectivity index (χ0v) is 16.2. The molecule has 0 aliphatic carbocycles. The Morgan fingerprint density at radius 1 is 1.14 bits per heavy atom. The third-order valence-electron chi connectivity index (χ3n) is 4.46. The first-order valence-electron chi connectivity index (χ1n) is 8.30. The molecule has 0 fully saturated rings. The lowest BCUT2D eigenvalue weighted by Crippen LogP contribution is -2.20. The topological polar surface area (TPSA) is 74.0 Å². The second-order valence-electron chi connectivity index (χ2n) is 6.65. The maximum Gasteiger partial charge on any atom is 0.406 e. The van der Waals surface area contributed by atoms with E-state index in [0.717, 1.165) is 10.8 Å². The third-order valence-corrected chi connectivity index (χ3v) is 5.44. The molecule has 0 aliphatic heterocycles. The number of para-hydroxylation sites is 2. The van der Waals surface area contributed by atoms with Gasteiger partial charge in [-0.2, -0.15) is 13.2 Å². The van der Waals surface area contributed by atoms with Gasteiger partial charge in [0.15, 0.2) is 5.78 Å². The second kappa shape index (κ2) is 6.77. The van der Waals surface area contributed by atoms with Crippen LogP contribution in [-0.4, -0.2) is 40.8 Å². The van der Waals surface area contributed by atoms with Crippen molar-refractivity contribution in [2.75, 3.05) is 6.26 Å². The van der Waals surface area contributed by atoms with Crippen molar-refractivity contribution in [1.29, 1.82) is 0 Å². The Bertz CT molecular complexity index is 1170. The molecule has 0 saturated heterocycles. The Morgan fingerprint density at radius 3 is 2.39 bits per heavy atom. The quantitative estimate of drug-likeness (QED) is 0.602. The highest BCUT2D eigenvalue weighted by atomic mass is 32.2. The van der Waals surface area contributed by atoms with Crippen molar-refractivity contribution in [2.45, 2.75) is 38.3 Å². The molecule has 3 aromatic rings. The number of aryl methyl sites for hydroxylation is 1. The van der Waals surface area contributed by atoms with Crippen molar-refractivity contribution in [1.82, 2.24) is 14.1 Å². The summed E-state index contributed by atoms with van der Waals surface area (Å²) in [6.45, 7) is 1.39. The first kappa shape index (κ1) is 20.1. The van der Waals surface area contributed by atoms with E-state index in [2.05, 4.69) is 4.98 Å². The molecule has 6 nitrogen and oxygen atoms in total. The summed E-state index contributed by atoms with van der Waals surface area (Å²) in [5, 5.41) is -0.258. The van der Waals surface area contributed by atoms with Crippen LogP contribution in [0.2, 0.25) is 0 Å². The first-order chi connectivity index (χ1) is 12.9. The molecule has 0 saturated carbocycles. The predicted molar refractivity (Wildman–Crippen MR) is 97.1 cm³/mol. The molecule has 0 radical (unpaired) electrons. The number of fused-ring (bicyclic) bond motifs is 1. The van der Waals surface area contributed by atoms with Gasteiger partial charge in [0, 0.05) is 23.2 Å². The van der Waals surface area contributed by atoms with Gasteiger partial charge in [-0.3, -0.25) is 4.79 Å². The third kappa shape index (κ3) is 3.82. The summed E-state index contributed by atoms with van der Waals surface area (Å²) < 4.78 is 64.9. The van der Waals surface area contributed by atoms with Crippen LogP contribution in [0.15, 0.2) is 35.5 Å². The number of carbonyl (C=O) groups is 1. The SMILES string of the molecule is Cc1cc(C(=O)Cn2c(S(C)(=O)=O)nc3ccccc32)c(C)n1CC(F)(F)F. The molecule has 0 N–H and O–H groups in total. The fourth-order valence-corrected chi connectivity index (χ4v) is 4.05. The van der Waals surface area contributed by atoms with E-state index in [-0.39, 0.29) is 23.0 Å². The van der Waals surface area contributed by atoms with Crippen LogP contribution in [0, 0.1) is 13.8 Å². The van der Waals surface area contributed by atoms with Crippen molar-refractivity contribution in [3.05, 3.63) is 47.3 Å². The molecule has 0 bridgehead atoms. The number of Topliss-reactive ketones (excluding diaryl/α,β-unsaturated/α-hetero) is 1. The molecule has 0 spiro atoms. The number of rotatable bonds is 5. The fraction of sp³-hybridized carbons (Fsp3) is 0.333. The van der Waals surface area contributed by atoms with Crippen molar-refractivity contribution >= 4 is 26.7 Å². The first-order valence-corrected chi connectivity index (χ1v) is 10.2. The number of carbonyl (C=O) groups excluding carboxylic acids is 1. The summed E-state index contributed by atoms with van der Waals surface area (Å²) in [5.74, 6) is -0.491. The molecule has 0 aliphatic rings. The minimum Gasteiger partial charge on any atom is -0.339 e. The summed E-state index contributed by atoms with van der Waals surface area (Å²) in [5.41, 5.74) is 1.49. The number of ketones is 1. The zero-order chi connectivity index (χ0) is 20.9. The molecule has 3 rings (SSSR count).